The quantitative estimate of drug-likeness (QED) is 0.137. The first-order valence-electron chi connectivity index (χ1n) is 13.8. The smallest absolute Gasteiger partial charge is 1.00 e. The van der Waals surface area contributed by atoms with Crippen molar-refractivity contribution in [1.82, 2.24) is 9.80 Å². The van der Waals surface area contributed by atoms with Crippen LogP contribution in [0.1, 0.15) is 68.7 Å². The molecule has 0 unspecified atom stereocenters. The zero-order valence-corrected chi connectivity index (χ0v) is 31.1. The molecule has 2 aliphatic heterocycles. The van der Waals surface area contributed by atoms with Crippen molar-refractivity contribution in [3.63, 3.8) is 0 Å². The van der Waals surface area contributed by atoms with Crippen LogP contribution < -0.4 is 29.6 Å². The molecular weight excluding hydrogens is 610 g/mol. The van der Waals surface area contributed by atoms with E-state index in [-0.39, 0.29) is 61.1 Å². The fourth-order valence-electron chi connectivity index (χ4n) is 3.36. The predicted molar refractivity (Wildman–Crippen MR) is 159 cm³/mol. The Hall–Kier alpha value is -1.96. The number of likely N-dealkylation sites (tertiary alicyclic amines) is 2. The first-order valence-corrected chi connectivity index (χ1v) is 15.5. The van der Waals surface area contributed by atoms with E-state index in [9.17, 15) is 28.5 Å². The summed E-state index contributed by atoms with van der Waals surface area (Å²) in [6.45, 7) is 13.2. The average molecular weight is 661 g/mol. The van der Waals surface area contributed by atoms with Gasteiger partial charge in [0, 0.05) is 59.3 Å². The SMILES string of the molecule is CC(C)(C)OC(=O)N1CCC(=O)CC1.COC(=O)C=C1CCN(C(=O)OC(C)(C)C)CC1.COC(=O)CP(=O)(OC)OC.[H-].[Na+]. The van der Waals surface area contributed by atoms with Crippen LogP contribution in [0.4, 0.5) is 9.59 Å². The zero-order chi connectivity index (χ0) is 33.4. The molecular formula is C28H50N2NaO12P. The third kappa shape index (κ3) is 20.1. The van der Waals surface area contributed by atoms with Gasteiger partial charge < -0.3 is 39.2 Å². The van der Waals surface area contributed by atoms with Gasteiger partial charge in [0.15, 0.2) is 0 Å². The topological polar surface area (TPSA) is 164 Å². The van der Waals surface area contributed by atoms with E-state index in [4.69, 9.17) is 9.47 Å². The largest absolute Gasteiger partial charge is 1.00 e. The maximum Gasteiger partial charge on any atom is 1.00 e. The van der Waals surface area contributed by atoms with Gasteiger partial charge in [-0.2, -0.15) is 0 Å². The van der Waals surface area contributed by atoms with Crippen LogP contribution in [0.3, 0.4) is 0 Å². The Kier molecular flexibility index (Phi) is 21.0. The minimum absolute atomic E-state index is 0. The summed E-state index contributed by atoms with van der Waals surface area (Å²) >= 11 is 0. The molecule has 2 heterocycles. The van der Waals surface area contributed by atoms with Crippen LogP contribution >= 0.6 is 7.60 Å². The second-order valence-corrected chi connectivity index (χ2v) is 13.8. The molecule has 2 rings (SSSR count). The number of ketones is 1. The molecule has 2 saturated heterocycles. The molecule has 44 heavy (non-hydrogen) atoms. The third-order valence-corrected chi connectivity index (χ3v) is 7.42. The Morgan fingerprint density at radius 1 is 0.750 bits per heavy atom. The van der Waals surface area contributed by atoms with E-state index >= 15 is 0 Å². The van der Waals surface area contributed by atoms with Crippen LogP contribution in [0.25, 0.3) is 0 Å². The van der Waals surface area contributed by atoms with Crippen molar-refractivity contribution < 1.29 is 87.5 Å². The van der Waals surface area contributed by atoms with Gasteiger partial charge in [0.2, 0.25) is 0 Å². The van der Waals surface area contributed by atoms with Crippen LogP contribution in [0.5, 0.6) is 0 Å². The molecule has 0 aliphatic carbocycles. The first-order chi connectivity index (χ1) is 19.8. The minimum Gasteiger partial charge on any atom is -1.00 e. The monoisotopic (exact) mass is 660 g/mol. The number of piperidine rings is 2. The summed E-state index contributed by atoms with van der Waals surface area (Å²) in [4.78, 5) is 59.2. The Morgan fingerprint density at radius 3 is 1.45 bits per heavy atom. The second kappa shape index (κ2) is 21.0. The number of amides is 2. The zero-order valence-electron chi connectivity index (χ0n) is 29.2. The third-order valence-electron chi connectivity index (χ3n) is 5.66. The number of methoxy groups -OCH3 is 2. The molecule has 2 aliphatic rings. The Morgan fingerprint density at radius 2 is 1.14 bits per heavy atom. The number of Topliss-reactive ketones (excluding diaryl/α,β-unsaturated/α-hetero) is 1. The molecule has 0 saturated carbocycles. The van der Waals surface area contributed by atoms with Gasteiger partial charge in [-0.3, -0.25) is 14.2 Å². The average Bonchev–Trinajstić information content (AvgIpc) is 2.92. The Labute approximate surface area is 284 Å². The van der Waals surface area contributed by atoms with E-state index in [1.807, 2.05) is 41.5 Å². The second-order valence-electron chi connectivity index (χ2n) is 11.5. The molecule has 0 spiro atoms. The number of carbonyl (C=O) groups is 5. The van der Waals surface area contributed by atoms with E-state index in [1.165, 1.54) is 34.5 Å². The Balaban J connectivity index is -0.000000593. The molecule has 0 atom stereocenters. The van der Waals surface area contributed by atoms with E-state index in [1.54, 1.807) is 9.80 Å². The number of rotatable bonds is 5. The summed E-state index contributed by atoms with van der Waals surface area (Å²) < 4.78 is 39.5. The first kappa shape index (κ1) is 44.2. The predicted octanol–water partition coefficient (Wildman–Crippen LogP) is 1.46. The summed E-state index contributed by atoms with van der Waals surface area (Å²) in [5.74, 6) is -0.724. The fourth-order valence-corrected chi connectivity index (χ4v) is 4.22. The van der Waals surface area contributed by atoms with Gasteiger partial charge in [-0.15, -0.1) is 0 Å². The van der Waals surface area contributed by atoms with Crippen molar-refractivity contribution in [3.8, 4) is 0 Å². The molecule has 2 fully saturated rings. The number of nitrogens with zero attached hydrogens (tertiary/aromatic N) is 2. The van der Waals surface area contributed by atoms with Crippen LogP contribution in [0.2, 0.25) is 0 Å². The van der Waals surface area contributed by atoms with Crippen LogP contribution in [0, 0.1) is 0 Å². The summed E-state index contributed by atoms with van der Waals surface area (Å²) in [5.41, 5.74) is 0.0826. The van der Waals surface area contributed by atoms with Crippen LogP contribution in [-0.4, -0.2) is 112 Å². The minimum atomic E-state index is -3.23. The summed E-state index contributed by atoms with van der Waals surface area (Å²) in [6, 6.07) is 0. The van der Waals surface area contributed by atoms with Crippen molar-refractivity contribution in [2.75, 3.05) is 60.8 Å². The molecule has 14 nitrogen and oxygen atoms in total. The number of ether oxygens (including phenoxy) is 4. The number of hydrogen-bond donors (Lipinski definition) is 0. The van der Waals surface area contributed by atoms with Gasteiger partial charge in [-0.05, 0) is 54.4 Å². The molecule has 0 aromatic rings. The van der Waals surface area contributed by atoms with Gasteiger partial charge in [-0.25, -0.2) is 14.4 Å². The van der Waals surface area contributed by atoms with Gasteiger partial charge in [-0.1, -0.05) is 5.57 Å². The van der Waals surface area contributed by atoms with E-state index < -0.39 is 24.8 Å². The fraction of sp³-hybridized carbons (Fsp3) is 0.750. The molecule has 0 aromatic heterocycles. The van der Waals surface area contributed by atoms with E-state index in [0.29, 0.717) is 51.9 Å². The summed E-state index contributed by atoms with van der Waals surface area (Å²) in [6.07, 6.45) is 2.84. The van der Waals surface area contributed by atoms with Crippen molar-refractivity contribution in [2.45, 2.75) is 78.4 Å². The molecule has 2 amide bonds. The summed E-state index contributed by atoms with van der Waals surface area (Å²) in [5, 5.41) is 0. The van der Waals surface area contributed by atoms with Crippen molar-refractivity contribution in [2.24, 2.45) is 0 Å². The number of hydrogen-bond acceptors (Lipinski definition) is 12. The van der Waals surface area contributed by atoms with Crippen molar-refractivity contribution >= 4 is 37.5 Å². The normalized spacial score (nSPS) is 15.2. The van der Waals surface area contributed by atoms with E-state index in [2.05, 4.69) is 18.5 Å². The summed E-state index contributed by atoms with van der Waals surface area (Å²) in [7, 11) is 1.77. The van der Waals surface area contributed by atoms with E-state index in [0.717, 1.165) is 5.57 Å². The molecule has 0 aromatic carbocycles. The molecule has 0 radical (unpaired) electrons. The van der Waals surface area contributed by atoms with Gasteiger partial charge >= 0.3 is 61.3 Å². The molecule has 16 heteroatoms. The van der Waals surface area contributed by atoms with Gasteiger partial charge in [0.25, 0.3) is 0 Å². The maximum absolute atomic E-state index is 11.8. The molecule has 0 N–H and O–H groups in total. The number of esters is 2. The number of carbonyl (C=O) groups excluding carboxylic acids is 5. The van der Waals surface area contributed by atoms with Crippen molar-refractivity contribution in [3.05, 3.63) is 11.6 Å². The van der Waals surface area contributed by atoms with Crippen molar-refractivity contribution in [1.29, 1.82) is 0 Å². The van der Waals surface area contributed by atoms with Crippen LogP contribution in [0.15, 0.2) is 11.6 Å². The van der Waals surface area contributed by atoms with Gasteiger partial charge in [0.1, 0.15) is 23.1 Å². The molecule has 0 bridgehead atoms. The maximum atomic E-state index is 11.8. The molecule has 250 valence electrons. The van der Waals surface area contributed by atoms with Crippen LogP contribution in [-0.2, 0) is 46.9 Å². The standard InChI is InChI=1S/C13H21NO4.C10H17NO3.C5H11O5P.Na.H/c1-13(2,3)18-12(16)14-7-5-10(6-8-14)9-11(15)17-4;1-10(2,3)14-9(13)11-6-4-8(12)5-7-11;1-8-5(6)4-11(7,9-2)10-3;;/h9H,5-8H2,1-4H3;4-7H2,1-3H3;4H2,1-3H3;;/q;;;+1;-1. The van der Waals surface area contributed by atoms with Gasteiger partial charge in [0.05, 0.1) is 14.2 Å². The Bertz CT molecular complexity index is 1020.